The summed E-state index contributed by atoms with van der Waals surface area (Å²) in [6, 6.07) is 7.39. The zero-order chi connectivity index (χ0) is 18.7. The van der Waals surface area contributed by atoms with Gasteiger partial charge in [0.2, 0.25) is 5.91 Å². The fourth-order valence-corrected chi connectivity index (χ4v) is 2.96. The van der Waals surface area contributed by atoms with Crippen molar-refractivity contribution in [2.75, 3.05) is 11.9 Å². The fraction of sp³-hybridized carbons (Fsp3) is 0.300. The number of halogens is 1. The third-order valence-electron chi connectivity index (χ3n) is 3.95. The van der Waals surface area contributed by atoms with E-state index < -0.39 is 0 Å². The first-order valence-electron chi connectivity index (χ1n) is 8.55. The second-order valence-corrected chi connectivity index (χ2v) is 7.19. The average Bonchev–Trinajstić information content (AvgIpc) is 2.90. The molecule has 1 aromatic heterocycles. The van der Waals surface area contributed by atoms with Crippen LogP contribution in [0.15, 0.2) is 42.0 Å². The van der Waals surface area contributed by atoms with E-state index in [0.29, 0.717) is 23.4 Å². The molecule has 0 bridgehead atoms. The first-order valence-corrected chi connectivity index (χ1v) is 8.93. The van der Waals surface area contributed by atoms with Gasteiger partial charge < -0.3 is 10.1 Å². The third kappa shape index (κ3) is 4.55. The summed E-state index contributed by atoms with van der Waals surface area (Å²) < 4.78 is 7.36. The number of ether oxygens (including phenoxy) is 1. The van der Waals surface area contributed by atoms with E-state index in [1.807, 2.05) is 31.3 Å². The van der Waals surface area contributed by atoms with Gasteiger partial charge in [0, 0.05) is 29.8 Å². The van der Waals surface area contributed by atoms with Crippen LogP contribution in [-0.4, -0.2) is 22.3 Å². The maximum absolute atomic E-state index is 12.2. The molecule has 2 heterocycles. The number of carbonyl (C=O) groups excluding carboxylic acids is 1. The Bertz CT molecular complexity index is 881. The predicted molar refractivity (Wildman–Crippen MR) is 104 cm³/mol. The number of hydrogen-bond acceptors (Lipinski definition) is 3. The third-order valence-corrected chi connectivity index (χ3v) is 4.19. The zero-order valence-electron chi connectivity index (χ0n) is 15.1. The molecule has 0 aliphatic carbocycles. The second kappa shape index (κ2) is 7.79. The Hall–Kier alpha value is -2.53. The van der Waals surface area contributed by atoms with Crippen molar-refractivity contribution in [3.63, 3.8) is 0 Å². The molecule has 2 aromatic rings. The number of nitrogens with one attached hydrogen (secondary N) is 1. The summed E-state index contributed by atoms with van der Waals surface area (Å²) in [5.41, 5.74) is 2.79. The number of benzene rings is 1. The van der Waals surface area contributed by atoms with Crippen LogP contribution >= 0.6 is 11.6 Å². The van der Waals surface area contributed by atoms with Crippen molar-refractivity contribution < 1.29 is 9.53 Å². The maximum Gasteiger partial charge on any atom is 0.249 e. The van der Waals surface area contributed by atoms with Gasteiger partial charge in [0.15, 0.2) is 0 Å². The number of carbonyl (C=O) groups is 1. The smallest absolute Gasteiger partial charge is 0.249 e. The van der Waals surface area contributed by atoms with Gasteiger partial charge in [0.1, 0.15) is 18.2 Å². The molecule has 0 fully saturated rings. The first-order chi connectivity index (χ1) is 12.4. The van der Waals surface area contributed by atoms with E-state index in [1.54, 1.807) is 16.8 Å². The number of fused-ring (bicyclic) bond motifs is 1. The molecule has 3 rings (SSSR count). The van der Waals surface area contributed by atoms with Crippen molar-refractivity contribution in [1.82, 2.24) is 9.78 Å². The molecule has 0 unspecified atom stereocenters. The van der Waals surface area contributed by atoms with Gasteiger partial charge in [-0.1, -0.05) is 31.5 Å². The van der Waals surface area contributed by atoms with Crippen LogP contribution in [-0.2, 0) is 18.3 Å². The SMILES string of the molecule is CC(C)Cc1cc(NC(=O)C=CC2=Cc3cc(Cl)ccc3OC2)n(C)n1. The Labute approximate surface area is 158 Å². The van der Waals surface area contributed by atoms with Crippen molar-refractivity contribution in [2.24, 2.45) is 13.0 Å². The maximum atomic E-state index is 12.2. The van der Waals surface area contributed by atoms with E-state index in [9.17, 15) is 4.79 Å². The molecule has 6 heteroatoms. The van der Waals surface area contributed by atoms with Crippen LogP contribution in [0.2, 0.25) is 5.02 Å². The molecular formula is C20H22ClN3O2. The predicted octanol–water partition coefficient (Wildman–Crippen LogP) is 4.24. The number of hydrogen-bond donors (Lipinski definition) is 1. The monoisotopic (exact) mass is 371 g/mol. The lowest BCUT2D eigenvalue weighted by Gasteiger charge is -2.16. The van der Waals surface area contributed by atoms with Crippen LogP contribution in [0.3, 0.4) is 0 Å². The van der Waals surface area contributed by atoms with Crippen LogP contribution in [0.5, 0.6) is 5.75 Å². The molecule has 1 aliphatic rings. The van der Waals surface area contributed by atoms with Gasteiger partial charge in [-0.15, -0.1) is 0 Å². The minimum Gasteiger partial charge on any atom is -0.488 e. The van der Waals surface area contributed by atoms with E-state index in [-0.39, 0.29) is 5.91 Å². The minimum atomic E-state index is -0.207. The molecule has 0 saturated heterocycles. The van der Waals surface area contributed by atoms with Crippen LogP contribution in [0.1, 0.15) is 25.1 Å². The average molecular weight is 372 g/mol. The molecule has 136 valence electrons. The number of amides is 1. The van der Waals surface area contributed by atoms with Crippen molar-refractivity contribution in [3.05, 3.63) is 58.3 Å². The Morgan fingerprint density at radius 2 is 2.23 bits per heavy atom. The summed E-state index contributed by atoms with van der Waals surface area (Å²) in [6.07, 6.45) is 6.11. The van der Waals surface area contributed by atoms with E-state index in [2.05, 4.69) is 24.3 Å². The lowest BCUT2D eigenvalue weighted by Crippen LogP contribution is -2.12. The highest BCUT2D eigenvalue weighted by Crippen LogP contribution is 2.29. The molecule has 1 amide bonds. The van der Waals surface area contributed by atoms with Crippen LogP contribution in [0.25, 0.3) is 6.08 Å². The first kappa shape index (κ1) is 18.3. The summed E-state index contributed by atoms with van der Waals surface area (Å²) in [5, 5.41) is 7.93. The number of aromatic nitrogens is 2. The zero-order valence-corrected chi connectivity index (χ0v) is 15.9. The van der Waals surface area contributed by atoms with E-state index in [0.717, 1.165) is 29.0 Å². The molecule has 0 spiro atoms. The lowest BCUT2D eigenvalue weighted by atomic mass is 10.1. The second-order valence-electron chi connectivity index (χ2n) is 6.76. The largest absolute Gasteiger partial charge is 0.488 e. The highest BCUT2D eigenvalue weighted by atomic mass is 35.5. The van der Waals surface area contributed by atoms with Crippen LogP contribution in [0.4, 0.5) is 5.82 Å². The van der Waals surface area contributed by atoms with Crippen molar-refractivity contribution >= 4 is 29.4 Å². The van der Waals surface area contributed by atoms with E-state index in [1.165, 1.54) is 6.08 Å². The molecule has 5 nitrogen and oxygen atoms in total. The van der Waals surface area contributed by atoms with Crippen molar-refractivity contribution in [1.29, 1.82) is 0 Å². The van der Waals surface area contributed by atoms with Gasteiger partial charge in [-0.2, -0.15) is 5.10 Å². The number of nitrogens with zero attached hydrogens (tertiary/aromatic N) is 2. The quantitative estimate of drug-likeness (QED) is 0.799. The lowest BCUT2D eigenvalue weighted by molar-refractivity contribution is -0.111. The fourth-order valence-electron chi connectivity index (χ4n) is 2.77. The van der Waals surface area contributed by atoms with Gasteiger partial charge in [-0.25, -0.2) is 0 Å². The Balaban J connectivity index is 1.66. The van der Waals surface area contributed by atoms with E-state index in [4.69, 9.17) is 16.3 Å². The Kier molecular flexibility index (Phi) is 5.47. The highest BCUT2D eigenvalue weighted by Gasteiger charge is 2.11. The van der Waals surface area contributed by atoms with Gasteiger partial charge in [-0.3, -0.25) is 9.48 Å². The molecule has 26 heavy (non-hydrogen) atoms. The minimum absolute atomic E-state index is 0.207. The molecule has 0 saturated carbocycles. The molecule has 1 aromatic carbocycles. The Morgan fingerprint density at radius 1 is 1.42 bits per heavy atom. The molecule has 0 radical (unpaired) electrons. The summed E-state index contributed by atoms with van der Waals surface area (Å²) in [5.74, 6) is 1.79. The number of aryl methyl sites for hydroxylation is 1. The topological polar surface area (TPSA) is 56.1 Å². The summed E-state index contributed by atoms with van der Waals surface area (Å²) >= 11 is 6.02. The van der Waals surface area contributed by atoms with Gasteiger partial charge >= 0.3 is 0 Å². The summed E-state index contributed by atoms with van der Waals surface area (Å²) in [4.78, 5) is 12.2. The van der Waals surface area contributed by atoms with Gasteiger partial charge in [0.25, 0.3) is 0 Å². The normalized spacial score (nSPS) is 13.5. The Morgan fingerprint density at radius 3 is 3.00 bits per heavy atom. The number of rotatable bonds is 5. The molecule has 1 aliphatic heterocycles. The van der Waals surface area contributed by atoms with Crippen molar-refractivity contribution in [2.45, 2.75) is 20.3 Å². The van der Waals surface area contributed by atoms with Gasteiger partial charge in [0.05, 0.1) is 5.69 Å². The summed E-state index contributed by atoms with van der Waals surface area (Å²) in [6.45, 7) is 4.70. The van der Waals surface area contributed by atoms with Gasteiger partial charge in [-0.05, 0) is 42.2 Å². The number of anilines is 1. The standard InChI is InChI=1S/C20H22ClN3O2/c1-13(2)8-17-11-19(24(3)23-17)22-20(25)7-4-14-9-15-10-16(21)5-6-18(15)26-12-14/h4-7,9-11,13H,8,12H2,1-3H3,(H,22,25). The summed E-state index contributed by atoms with van der Waals surface area (Å²) in [7, 11) is 1.82. The van der Waals surface area contributed by atoms with E-state index >= 15 is 0 Å². The molecule has 0 atom stereocenters. The van der Waals surface area contributed by atoms with Crippen LogP contribution < -0.4 is 10.1 Å². The van der Waals surface area contributed by atoms with Crippen LogP contribution in [0, 0.1) is 5.92 Å². The highest BCUT2D eigenvalue weighted by molar-refractivity contribution is 6.30. The van der Waals surface area contributed by atoms with Crippen molar-refractivity contribution in [3.8, 4) is 5.75 Å². The molecule has 1 N–H and O–H groups in total. The molecular weight excluding hydrogens is 350 g/mol.